The summed E-state index contributed by atoms with van der Waals surface area (Å²) in [4.78, 5) is 17.0. The number of aryl methyl sites for hydroxylation is 1. The van der Waals surface area contributed by atoms with E-state index in [-0.39, 0.29) is 12.1 Å². The Kier molecular flexibility index (Phi) is 5.48. The molecule has 0 saturated carbocycles. The summed E-state index contributed by atoms with van der Waals surface area (Å²) in [7, 11) is 1.68. The van der Waals surface area contributed by atoms with Crippen molar-refractivity contribution in [1.82, 2.24) is 14.8 Å². The van der Waals surface area contributed by atoms with Crippen molar-refractivity contribution in [3.8, 4) is 10.8 Å². The van der Waals surface area contributed by atoms with E-state index in [9.17, 15) is 4.79 Å². The monoisotopic (exact) mass is 435 g/mol. The van der Waals surface area contributed by atoms with E-state index in [1.165, 1.54) is 33.8 Å². The molecule has 5 rings (SSSR count). The van der Waals surface area contributed by atoms with Crippen LogP contribution in [0.2, 0.25) is 0 Å². The Labute approximate surface area is 187 Å². The molecule has 2 aromatic heterocycles. The summed E-state index contributed by atoms with van der Waals surface area (Å²) in [6, 6.07) is 12.2. The molecule has 1 atom stereocenters. The van der Waals surface area contributed by atoms with Gasteiger partial charge >= 0.3 is 6.03 Å². The Morgan fingerprint density at radius 2 is 2.06 bits per heavy atom. The fourth-order valence-corrected chi connectivity index (χ4v) is 6.29. The zero-order chi connectivity index (χ0) is 21.4. The van der Waals surface area contributed by atoms with E-state index >= 15 is 0 Å². The number of rotatable bonds is 4. The molecule has 1 aliphatic carbocycles. The number of ether oxygens (including phenoxy) is 1. The van der Waals surface area contributed by atoms with Gasteiger partial charge in [0.2, 0.25) is 0 Å². The first-order valence-electron chi connectivity index (χ1n) is 11.2. The minimum Gasteiger partial charge on any atom is -0.497 e. The van der Waals surface area contributed by atoms with Crippen molar-refractivity contribution < 1.29 is 9.53 Å². The van der Waals surface area contributed by atoms with Gasteiger partial charge in [-0.25, -0.2) is 4.79 Å². The van der Waals surface area contributed by atoms with Crippen LogP contribution in [-0.2, 0) is 19.4 Å². The maximum Gasteiger partial charge on any atom is 0.318 e. The van der Waals surface area contributed by atoms with Crippen LogP contribution in [0.4, 0.5) is 4.79 Å². The van der Waals surface area contributed by atoms with Crippen LogP contribution in [0.3, 0.4) is 0 Å². The standard InChI is InChI=1S/C25H29N3O2S/c1-3-13-26-25(29)28-16-20-19-10-4-5-12-22(19)31-24(20)27-14-7-11-21(27)23(28)17-8-6-9-18(15-17)30-2/h6-9,11,14-15,23H,3-5,10,12-13,16H2,1-2H3,(H,26,29)/t23-/m0/s1. The van der Waals surface area contributed by atoms with Gasteiger partial charge in [0.25, 0.3) is 0 Å². The van der Waals surface area contributed by atoms with Crippen LogP contribution in [0.1, 0.15) is 59.5 Å². The van der Waals surface area contributed by atoms with Gasteiger partial charge in [0.05, 0.1) is 25.4 Å². The normalized spacial score (nSPS) is 17.4. The summed E-state index contributed by atoms with van der Waals surface area (Å²) in [6.45, 7) is 3.39. The third-order valence-corrected chi connectivity index (χ3v) is 7.71. The molecule has 0 bridgehead atoms. The number of nitrogens with one attached hydrogen (secondary N) is 1. The second kappa shape index (κ2) is 8.42. The van der Waals surface area contributed by atoms with Gasteiger partial charge < -0.3 is 19.5 Å². The Morgan fingerprint density at radius 3 is 2.90 bits per heavy atom. The van der Waals surface area contributed by atoms with Crippen molar-refractivity contribution in [3.05, 3.63) is 69.9 Å². The number of carbonyl (C=O) groups is 1. The zero-order valence-electron chi connectivity index (χ0n) is 18.2. The molecule has 1 aromatic carbocycles. The maximum absolute atomic E-state index is 13.5. The summed E-state index contributed by atoms with van der Waals surface area (Å²) >= 11 is 1.91. The molecule has 0 spiro atoms. The van der Waals surface area contributed by atoms with Crippen LogP contribution >= 0.6 is 11.3 Å². The molecule has 0 unspecified atom stereocenters. The average molecular weight is 436 g/mol. The second-order valence-electron chi connectivity index (χ2n) is 8.34. The third-order valence-electron chi connectivity index (χ3n) is 6.38. The summed E-state index contributed by atoms with van der Waals surface area (Å²) < 4.78 is 7.82. The molecule has 3 aromatic rings. The Hall–Kier alpha value is -2.73. The number of methoxy groups -OCH3 is 1. The minimum atomic E-state index is -0.180. The number of thiophene rings is 1. The van der Waals surface area contributed by atoms with Gasteiger partial charge in [-0.15, -0.1) is 11.3 Å². The van der Waals surface area contributed by atoms with Crippen LogP contribution in [0.15, 0.2) is 42.6 Å². The van der Waals surface area contributed by atoms with Gasteiger partial charge in [-0.1, -0.05) is 19.1 Å². The van der Waals surface area contributed by atoms with E-state index in [0.29, 0.717) is 13.1 Å². The summed E-state index contributed by atoms with van der Waals surface area (Å²) in [6.07, 6.45) is 7.83. The van der Waals surface area contributed by atoms with Gasteiger partial charge in [0.15, 0.2) is 0 Å². The summed E-state index contributed by atoms with van der Waals surface area (Å²) in [5.41, 5.74) is 4.99. The minimum absolute atomic E-state index is 0.00831. The van der Waals surface area contributed by atoms with Crippen LogP contribution in [0, 0.1) is 0 Å². The van der Waals surface area contributed by atoms with Crippen LogP contribution < -0.4 is 10.1 Å². The van der Waals surface area contributed by atoms with E-state index < -0.39 is 0 Å². The van der Waals surface area contributed by atoms with E-state index in [4.69, 9.17) is 4.74 Å². The SMILES string of the molecule is CCCNC(=O)N1Cc2c(sc3c2CCCC3)-n2cccc2[C@@H]1c1cccc(OC)c1. The van der Waals surface area contributed by atoms with Gasteiger partial charge in [-0.05, 0) is 67.5 Å². The predicted molar refractivity (Wildman–Crippen MR) is 124 cm³/mol. The van der Waals surface area contributed by atoms with Crippen molar-refractivity contribution >= 4 is 17.4 Å². The van der Waals surface area contributed by atoms with E-state index in [0.717, 1.165) is 36.3 Å². The molecule has 6 heteroatoms. The molecule has 2 amide bonds. The molecule has 1 N–H and O–H groups in total. The second-order valence-corrected chi connectivity index (χ2v) is 9.42. The van der Waals surface area contributed by atoms with Crippen molar-refractivity contribution in [2.24, 2.45) is 0 Å². The lowest BCUT2D eigenvalue weighted by Crippen LogP contribution is -2.42. The first-order valence-corrected chi connectivity index (χ1v) is 12.0. The zero-order valence-corrected chi connectivity index (χ0v) is 19.0. The molecule has 3 heterocycles. The van der Waals surface area contributed by atoms with E-state index in [1.54, 1.807) is 7.11 Å². The highest BCUT2D eigenvalue weighted by atomic mass is 32.1. The molecule has 31 heavy (non-hydrogen) atoms. The lowest BCUT2D eigenvalue weighted by Gasteiger charge is -2.31. The number of fused-ring (bicyclic) bond motifs is 5. The summed E-state index contributed by atoms with van der Waals surface area (Å²) in [5, 5.41) is 4.42. The Bertz CT molecular complexity index is 1100. The molecular formula is C25H29N3O2S. The third kappa shape index (κ3) is 3.53. The largest absolute Gasteiger partial charge is 0.497 e. The first kappa shape index (κ1) is 20.2. The molecule has 1 aliphatic heterocycles. The van der Waals surface area contributed by atoms with Crippen molar-refractivity contribution in [2.75, 3.05) is 13.7 Å². The molecule has 0 fully saturated rings. The predicted octanol–water partition coefficient (Wildman–Crippen LogP) is 5.45. The number of carbonyl (C=O) groups excluding carboxylic acids is 1. The number of hydrogen-bond donors (Lipinski definition) is 1. The molecule has 0 radical (unpaired) electrons. The lowest BCUT2D eigenvalue weighted by atomic mass is 9.95. The van der Waals surface area contributed by atoms with Crippen molar-refractivity contribution in [3.63, 3.8) is 0 Å². The molecule has 162 valence electrons. The fourth-order valence-electron chi connectivity index (χ4n) is 4.88. The van der Waals surface area contributed by atoms with Gasteiger partial charge in [0.1, 0.15) is 10.8 Å². The number of urea groups is 1. The van der Waals surface area contributed by atoms with Crippen molar-refractivity contribution in [1.29, 1.82) is 0 Å². The van der Waals surface area contributed by atoms with Crippen LogP contribution in [0.5, 0.6) is 5.75 Å². The topological polar surface area (TPSA) is 46.5 Å². The lowest BCUT2D eigenvalue weighted by molar-refractivity contribution is 0.180. The van der Waals surface area contributed by atoms with Gasteiger partial charge in [-0.3, -0.25) is 0 Å². The highest BCUT2D eigenvalue weighted by Crippen LogP contribution is 2.44. The quantitative estimate of drug-likeness (QED) is 0.592. The smallest absolute Gasteiger partial charge is 0.318 e. The fraction of sp³-hybridized carbons (Fsp3) is 0.400. The number of benzene rings is 1. The highest BCUT2D eigenvalue weighted by molar-refractivity contribution is 7.15. The molecule has 0 saturated heterocycles. The van der Waals surface area contributed by atoms with E-state index in [2.05, 4.69) is 47.3 Å². The Balaban J connectivity index is 1.68. The Morgan fingerprint density at radius 1 is 1.19 bits per heavy atom. The number of hydrogen-bond acceptors (Lipinski definition) is 3. The number of nitrogens with zero attached hydrogens (tertiary/aromatic N) is 2. The number of aromatic nitrogens is 1. The van der Waals surface area contributed by atoms with Crippen LogP contribution in [0.25, 0.3) is 5.00 Å². The molecular weight excluding hydrogens is 406 g/mol. The van der Waals surface area contributed by atoms with E-state index in [1.807, 2.05) is 28.4 Å². The highest BCUT2D eigenvalue weighted by Gasteiger charge is 2.36. The maximum atomic E-state index is 13.5. The first-order chi connectivity index (χ1) is 15.2. The molecule has 2 aliphatic rings. The van der Waals surface area contributed by atoms with Gasteiger partial charge in [0, 0.05) is 23.2 Å². The summed E-state index contributed by atoms with van der Waals surface area (Å²) in [5.74, 6) is 0.806. The van der Waals surface area contributed by atoms with Crippen LogP contribution in [-0.4, -0.2) is 29.2 Å². The average Bonchev–Trinajstić information content (AvgIpc) is 3.39. The number of amides is 2. The van der Waals surface area contributed by atoms with Gasteiger partial charge in [-0.2, -0.15) is 0 Å². The van der Waals surface area contributed by atoms with Crippen molar-refractivity contribution in [2.45, 2.75) is 51.6 Å². The molecule has 5 nitrogen and oxygen atoms in total.